The number of hydrogen-bond donors (Lipinski definition) is 2. The summed E-state index contributed by atoms with van der Waals surface area (Å²) in [5.74, 6) is -0.127. The van der Waals surface area contributed by atoms with Gasteiger partial charge in [0.15, 0.2) is 12.3 Å². The van der Waals surface area contributed by atoms with Crippen LogP contribution in [0.25, 0.3) is 0 Å². The minimum Gasteiger partial charge on any atom is -0.332 e. The molecule has 2 aromatic carbocycles. The Hall–Kier alpha value is -1.88. The quantitative estimate of drug-likeness (QED) is 0.769. The second-order valence-corrected chi connectivity index (χ2v) is 6.42. The molecule has 6 heteroatoms. The lowest BCUT2D eigenvalue weighted by molar-refractivity contribution is -0.682. The molecular weight excluding hydrogens is 347 g/mol. The third-order valence-electron chi connectivity index (χ3n) is 3.69. The number of benzene rings is 2. The molecule has 1 amide bonds. The van der Waals surface area contributed by atoms with Gasteiger partial charge in [-0.1, -0.05) is 29.3 Å². The molecule has 0 aliphatic rings. The van der Waals surface area contributed by atoms with Crippen LogP contribution < -0.4 is 10.6 Å². The normalized spacial score (nSPS) is 11.8. The first kappa shape index (κ1) is 18.5. The van der Waals surface area contributed by atoms with Gasteiger partial charge < -0.3 is 10.6 Å². The van der Waals surface area contributed by atoms with Gasteiger partial charge in [-0.3, -0.25) is 9.59 Å². The minimum atomic E-state index is -0.123. The second kappa shape index (κ2) is 8.29. The van der Waals surface area contributed by atoms with Gasteiger partial charge in [0.05, 0.1) is 5.02 Å². The molecule has 0 aromatic heterocycles. The third kappa shape index (κ3) is 5.06. The lowest BCUT2D eigenvalue weighted by atomic mass is 10.1. The van der Waals surface area contributed by atoms with Crippen molar-refractivity contribution in [2.45, 2.75) is 19.9 Å². The van der Waals surface area contributed by atoms with E-state index < -0.39 is 0 Å². The van der Waals surface area contributed by atoms with Crippen LogP contribution in [0.5, 0.6) is 0 Å². The van der Waals surface area contributed by atoms with Crippen molar-refractivity contribution in [3.63, 3.8) is 0 Å². The molecule has 24 heavy (non-hydrogen) atoms. The van der Waals surface area contributed by atoms with E-state index in [2.05, 4.69) is 5.32 Å². The van der Waals surface area contributed by atoms with Crippen molar-refractivity contribution in [1.29, 1.82) is 0 Å². The van der Waals surface area contributed by atoms with Crippen LogP contribution in [0.15, 0.2) is 42.5 Å². The number of anilines is 1. The molecule has 0 bridgehead atoms. The van der Waals surface area contributed by atoms with E-state index >= 15 is 0 Å². The van der Waals surface area contributed by atoms with E-state index in [0.29, 0.717) is 21.3 Å². The summed E-state index contributed by atoms with van der Waals surface area (Å²) in [7, 11) is 0. The molecule has 126 valence electrons. The number of nitrogens with two attached hydrogens (primary N) is 1. The predicted octanol–water partition coefficient (Wildman–Crippen LogP) is 3.46. The Bertz CT molecular complexity index is 745. The molecule has 0 saturated heterocycles. The zero-order chi connectivity index (χ0) is 17.7. The Kier molecular flexibility index (Phi) is 6.37. The average molecular weight is 366 g/mol. The molecule has 0 aliphatic carbocycles. The van der Waals surface area contributed by atoms with E-state index in [-0.39, 0.29) is 24.3 Å². The van der Waals surface area contributed by atoms with Crippen LogP contribution in [0, 0.1) is 0 Å². The molecule has 2 rings (SSSR count). The molecule has 0 unspecified atom stereocenters. The largest absolute Gasteiger partial charge is 0.332 e. The molecule has 2 aromatic rings. The van der Waals surface area contributed by atoms with Crippen LogP contribution in [-0.4, -0.2) is 18.2 Å². The van der Waals surface area contributed by atoms with E-state index in [1.165, 1.54) is 6.92 Å². The van der Waals surface area contributed by atoms with Crippen molar-refractivity contribution in [2.24, 2.45) is 0 Å². The number of hydrogen-bond acceptors (Lipinski definition) is 2. The Morgan fingerprint density at radius 1 is 1.12 bits per heavy atom. The van der Waals surface area contributed by atoms with E-state index in [0.717, 1.165) is 5.56 Å². The maximum absolute atomic E-state index is 12.0. The first-order valence-corrected chi connectivity index (χ1v) is 8.31. The summed E-state index contributed by atoms with van der Waals surface area (Å²) in [5.41, 5.74) is 2.21. The van der Waals surface area contributed by atoms with Crippen molar-refractivity contribution in [3.8, 4) is 0 Å². The van der Waals surface area contributed by atoms with E-state index in [9.17, 15) is 9.59 Å². The SMILES string of the molecule is CC(=O)c1ccc(NC(=O)C[NH2+][C@H](C)c2ccc(Cl)cc2Cl)cc1. The number of carbonyl (C=O) groups is 2. The van der Waals surface area contributed by atoms with Crippen molar-refractivity contribution >= 4 is 40.6 Å². The van der Waals surface area contributed by atoms with E-state index in [1.54, 1.807) is 36.4 Å². The first-order valence-electron chi connectivity index (χ1n) is 7.56. The van der Waals surface area contributed by atoms with Gasteiger partial charge in [0, 0.05) is 21.8 Å². The molecule has 3 N–H and O–H groups in total. The number of rotatable bonds is 6. The maximum Gasteiger partial charge on any atom is 0.279 e. The Morgan fingerprint density at radius 3 is 2.38 bits per heavy atom. The van der Waals surface area contributed by atoms with Gasteiger partial charge in [0.25, 0.3) is 5.91 Å². The highest BCUT2D eigenvalue weighted by Gasteiger charge is 2.15. The zero-order valence-corrected chi connectivity index (χ0v) is 15.0. The summed E-state index contributed by atoms with van der Waals surface area (Å²) in [6.45, 7) is 3.74. The minimum absolute atomic E-state index is 0.00474. The molecular formula is C18H19Cl2N2O2+. The standard InChI is InChI=1S/C18H18Cl2N2O2/c1-11(16-8-5-14(19)9-17(16)20)21-10-18(24)22-15-6-3-13(4-7-15)12(2)23/h3-9,11,21H,10H2,1-2H3,(H,22,24)/p+1/t11-/m1/s1. The highest BCUT2D eigenvalue weighted by molar-refractivity contribution is 6.35. The van der Waals surface area contributed by atoms with Crippen LogP contribution in [0.2, 0.25) is 10.0 Å². The fourth-order valence-corrected chi connectivity index (χ4v) is 2.86. The number of Topliss-reactive ketones (excluding diaryl/α,β-unsaturated/α-hetero) is 1. The Balaban J connectivity index is 1.89. The Labute approximate surface area is 151 Å². The second-order valence-electron chi connectivity index (χ2n) is 5.58. The molecule has 0 aliphatic heterocycles. The van der Waals surface area contributed by atoms with Crippen LogP contribution >= 0.6 is 23.2 Å². The van der Waals surface area contributed by atoms with E-state index in [4.69, 9.17) is 23.2 Å². The molecule has 4 nitrogen and oxygen atoms in total. The summed E-state index contributed by atoms with van der Waals surface area (Å²) in [4.78, 5) is 23.3. The topological polar surface area (TPSA) is 62.8 Å². The lowest BCUT2D eigenvalue weighted by Crippen LogP contribution is -2.86. The van der Waals surface area contributed by atoms with Crippen LogP contribution in [0.3, 0.4) is 0 Å². The number of quaternary nitrogens is 1. The number of carbonyl (C=O) groups excluding carboxylic acids is 2. The van der Waals surface area contributed by atoms with Gasteiger partial charge in [-0.15, -0.1) is 0 Å². The summed E-state index contributed by atoms with van der Waals surface area (Å²) in [6, 6.07) is 12.2. The van der Waals surface area contributed by atoms with Crippen LogP contribution in [-0.2, 0) is 4.79 Å². The van der Waals surface area contributed by atoms with Crippen molar-refractivity contribution in [1.82, 2.24) is 0 Å². The average Bonchev–Trinajstić information content (AvgIpc) is 2.53. The number of amides is 1. The molecule has 1 atom stereocenters. The maximum atomic E-state index is 12.0. The molecule has 0 spiro atoms. The van der Waals surface area contributed by atoms with Crippen LogP contribution in [0.4, 0.5) is 5.69 Å². The van der Waals surface area contributed by atoms with E-state index in [1.807, 2.05) is 18.3 Å². The predicted molar refractivity (Wildman–Crippen MR) is 96.7 cm³/mol. The van der Waals surface area contributed by atoms with Gasteiger partial charge in [0.2, 0.25) is 0 Å². The van der Waals surface area contributed by atoms with Crippen LogP contribution in [0.1, 0.15) is 35.8 Å². The summed E-state index contributed by atoms with van der Waals surface area (Å²) >= 11 is 12.1. The lowest BCUT2D eigenvalue weighted by Gasteiger charge is -2.13. The smallest absolute Gasteiger partial charge is 0.279 e. The molecule has 0 heterocycles. The zero-order valence-electron chi connectivity index (χ0n) is 13.5. The number of ketones is 1. The Morgan fingerprint density at radius 2 is 1.79 bits per heavy atom. The van der Waals surface area contributed by atoms with Gasteiger partial charge in [-0.2, -0.15) is 0 Å². The molecule has 0 radical (unpaired) electrons. The van der Waals surface area contributed by atoms with Crippen molar-refractivity contribution in [2.75, 3.05) is 11.9 Å². The highest BCUT2D eigenvalue weighted by Crippen LogP contribution is 2.24. The first-order chi connectivity index (χ1) is 11.4. The van der Waals surface area contributed by atoms with Gasteiger partial charge in [-0.05, 0) is 50.2 Å². The van der Waals surface area contributed by atoms with Crippen molar-refractivity contribution < 1.29 is 14.9 Å². The highest BCUT2D eigenvalue weighted by atomic mass is 35.5. The molecule has 0 saturated carbocycles. The monoisotopic (exact) mass is 365 g/mol. The number of nitrogens with one attached hydrogen (secondary N) is 1. The third-order valence-corrected chi connectivity index (χ3v) is 4.25. The summed E-state index contributed by atoms with van der Waals surface area (Å²) in [5, 5.41) is 5.88. The summed E-state index contributed by atoms with van der Waals surface area (Å²) < 4.78 is 0. The number of halogens is 2. The molecule has 0 fully saturated rings. The summed E-state index contributed by atoms with van der Waals surface area (Å²) in [6.07, 6.45) is 0. The fraction of sp³-hybridized carbons (Fsp3) is 0.222. The fourth-order valence-electron chi connectivity index (χ4n) is 2.28. The van der Waals surface area contributed by atoms with Crippen molar-refractivity contribution in [3.05, 3.63) is 63.6 Å². The van der Waals surface area contributed by atoms with Gasteiger partial charge >= 0.3 is 0 Å². The van der Waals surface area contributed by atoms with Gasteiger partial charge in [0.1, 0.15) is 6.04 Å². The van der Waals surface area contributed by atoms with Gasteiger partial charge in [-0.25, -0.2) is 0 Å².